The van der Waals surface area contributed by atoms with Gasteiger partial charge in [0.05, 0.1) is 5.01 Å². The minimum absolute atomic E-state index is 0.0413. The van der Waals surface area contributed by atoms with Gasteiger partial charge in [0.15, 0.2) is 0 Å². The predicted molar refractivity (Wildman–Crippen MR) is 86.7 cm³/mol. The van der Waals surface area contributed by atoms with E-state index in [9.17, 15) is 4.79 Å². The van der Waals surface area contributed by atoms with Gasteiger partial charge in [-0.2, -0.15) is 0 Å². The van der Waals surface area contributed by atoms with Gasteiger partial charge < -0.3 is 11.1 Å². The summed E-state index contributed by atoms with van der Waals surface area (Å²) in [5.41, 5.74) is 7.19. The van der Waals surface area contributed by atoms with Crippen molar-refractivity contribution in [2.75, 3.05) is 6.54 Å². The number of aromatic nitrogens is 1. The molecule has 3 N–H and O–H groups in total. The Hall–Kier alpha value is -1.72. The number of amides is 1. The Labute approximate surface area is 129 Å². The second-order valence-corrected chi connectivity index (χ2v) is 6.07. The van der Waals surface area contributed by atoms with Gasteiger partial charge in [0.2, 0.25) is 0 Å². The summed E-state index contributed by atoms with van der Waals surface area (Å²) in [5, 5.41) is 5.72. The Kier molecular flexibility index (Phi) is 5.47. The fourth-order valence-electron chi connectivity index (χ4n) is 2.10. The van der Waals surface area contributed by atoms with Crippen molar-refractivity contribution in [3.8, 4) is 0 Å². The number of hydrogen-bond acceptors (Lipinski definition) is 4. The van der Waals surface area contributed by atoms with Gasteiger partial charge in [0.1, 0.15) is 5.69 Å². The number of carbonyl (C=O) groups excluding carboxylic acids is 1. The number of carbonyl (C=O) groups is 1. The molecule has 2 rings (SSSR count). The number of hydrogen-bond donors (Lipinski definition) is 2. The Morgan fingerprint density at radius 1 is 1.33 bits per heavy atom. The van der Waals surface area contributed by atoms with E-state index in [0.717, 1.165) is 5.01 Å². The summed E-state index contributed by atoms with van der Waals surface area (Å²) >= 11 is 1.48. The number of nitrogens with zero attached hydrogens (tertiary/aromatic N) is 1. The molecule has 2 aromatic rings. The molecule has 0 saturated heterocycles. The van der Waals surface area contributed by atoms with Gasteiger partial charge in [-0.25, -0.2) is 4.98 Å². The molecule has 112 valence electrons. The fraction of sp³-hybridized carbons (Fsp3) is 0.375. The number of nitrogens with two attached hydrogens (primary N) is 1. The van der Waals surface area contributed by atoms with Crippen molar-refractivity contribution < 1.29 is 4.79 Å². The molecular weight excluding hydrogens is 282 g/mol. The third kappa shape index (κ3) is 4.12. The summed E-state index contributed by atoms with van der Waals surface area (Å²) in [6.45, 7) is 4.68. The molecule has 0 saturated carbocycles. The van der Waals surface area contributed by atoms with E-state index < -0.39 is 0 Å². The molecule has 0 aliphatic rings. The summed E-state index contributed by atoms with van der Waals surface area (Å²) in [7, 11) is 0. The Balaban J connectivity index is 1.98. The maximum absolute atomic E-state index is 12.2. The molecule has 5 heteroatoms. The number of nitrogens with one attached hydrogen (secondary N) is 1. The zero-order chi connectivity index (χ0) is 15.2. The molecule has 2 unspecified atom stereocenters. The van der Waals surface area contributed by atoms with Gasteiger partial charge in [0.25, 0.3) is 5.91 Å². The highest BCUT2D eigenvalue weighted by Crippen LogP contribution is 2.19. The lowest BCUT2D eigenvalue weighted by molar-refractivity contribution is 0.0931. The van der Waals surface area contributed by atoms with Gasteiger partial charge in [-0.05, 0) is 19.0 Å². The van der Waals surface area contributed by atoms with Crippen LogP contribution in [0.15, 0.2) is 35.7 Å². The molecule has 0 aliphatic heterocycles. The SMILES string of the molecule is CC(NC(=O)c1csc(CCN)n1)C(C)c1ccccc1. The van der Waals surface area contributed by atoms with Gasteiger partial charge in [0, 0.05) is 23.8 Å². The van der Waals surface area contributed by atoms with E-state index in [0.29, 0.717) is 18.7 Å². The highest BCUT2D eigenvalue weighted by atomic mass is 32.1. The van der Waals surface area contributed by atoms with Gasteiger partial charge in [-0.15, -0.1) is 11.3 Å². The molecule has 0 radical (unpaired) electrons. The number of thiazole rings is 1. The molecule has 1 heterocycles. The Morgan fingerprint density at radius 2 is 2.05 bits per heavy atom. The largest absolute Gasteiger partial charge is 0.348 e. The van der Waals surface area contributed by atoms with E-state index in [1.54, 1.807) is 5.38 Å². The van der Waals surface area contributed by atoms with Crippen LogP contribution in [0.25, 0.3) is 0 Å². The van der Waals surface area contributed by atoms with Crippen LogP contribution in [0.2, 0.25) is 0 Å². The fourth-order valence-corrected chi connectivity index (χ4v) is 2.90. The minimum Gasteiger partial charge on any atom is -0.348 e. The van der Waals surface area contributed by atoms with Crippen molar-refractivity contribution >= 4 is 17.2 Å². The molecule has 0 spiro atoms. The number of rotatable bonds is 6. The molecule has 1 aromatic carbocycles. The molecule has 0 aliphatic carbocycles. The predicted octanol–water partition coefficient (Wildman–Crippen LogP) is 2.57. The van der Waals surface area contributed by atoms with E-state index >= 15 is 0 Å². The first-order valence-corrected chi connectivity index (χ1v) is 8.00. The molecule has 21 heavy (non-hydrogen) atoms. The van der Waals surface area contributed by atoms with E-state index in [4.69, 9.17) is 5.73 Å². The van der Waals surface area contributed by atoms with Crippen LogP contribution in [0.5, 0.6) is 0 Å². The second kappa shape index (κ2) is 7.33. The zero-order valence-corrected chi connectivity index (χ0v) is 13.2. The van der Waals surface area contributed by atoms with Crippen molar-refractivity contribution in [3.05, 3.63) is 52.0 Å². The molecule has 1 amide bonds. The van der Waals surface area contributed by atoms with Crippen LogP contribution in [0.3, 0.4) is 0 Å². The Bertz CT molecular complexity index is 582. The summed E-state index contributed by atoms with van der Waals surface area (Å²) in [6.07, 6.45) is 0.716. The third-order valence-corrected chi connectivity index (χ3v) is 4.49. The van der Waals surface area contributed by atoms with Gasteiger partial charge >= 0.3 is 0 Å². The van der Waals surface area contributed by atoms with Crippen LogP contribution < -0.4 is 11.1 Å². The van der Waals surface area contributed by atoms with E-state index in [-0.39, 0.29) is 17.9 Å². The molecule has 0 bridgehead atoms. The highest BCUT2D eigenvalue weighted by molar-refractivity contribution is 7.09. The summed E-state index contributed by atoms with van der Waals surface area (Å²) in [5.74, 6) is 0.127. The van der Waals surface area contributed by atoms with Crippen molar-refractivity contribution in [1.82, 2.24) is 10.3 Å². The normalized spacial score (nSPS) is 13.7. The maximum Gasteiger partial charge on any atom is 0.270 e. The molecule has 2 atom stereocenters. The quantitative estimate of drug-likeness (QED) is 0.862. The summed E-state index contributed by atoms with van der Waals surface area (Å²) < 4.78 is 0. The topological polar surface area (TPSA) is 68.0 Å². The van der Waals surface area contributed by atoms with E-state index in [1.165, 1.54) is 16.9 Å². The average molecular weight is 303 g/mol. The lowest BCUT2D eigenvalue weighted by Gasteiger charge is -2.21. The number of benzene rings is 1. The standard InChI is InChI=1S/C16H21N3OS/c1-11(13-6-4-3-5-7-13)12(2)18-16(20)14-10-21-15(19-14)8-9-17/h3-7,10-12H,8-9,17H2,1-2H3,(H,18,20). The maximum atomic E-state index is 12.2. The minimum atomic E-state index is -0.121. The van der Waals surface area contributed by atoms with Crippen molar-refractivity contribution in [2.45, 2.75) is 32.2 Å². The van der Waals surface area contributed by atoms with Crippen LogP contribution in [-0.4, -0.2) is 23.5 Å². The molecule has 1 aromatic heterocycles. The van der Waals surface area contributed by atoms with Crippen molar-refractivity contribution in [1.29, 1.82) is 0 Å². The van der Waals surface area contributed by atoms with Crippen LogP contribution in [0, 0.1) is 0 Å². The average Bonchev–Trinajstić information content (AvgIpc) is 2.96. The lowest BCUT2D eigenvalue weighted by Crippen LogP contribution is -2.36. The van der Waals surface area contributed by atoms with Crippen molar-refractivity contribution in [3.63, 3.8) is 0 Å². The Morgan fingerprint density at radius 3 is 2.71 bits per heavy atom. The van der Waals surface area contributed by atoms with E-state index in [2.05, 4.69) is 29.4 Å². The van der Waals surface area contributed by atoms with Crippen LogP contribution in [0.1, 0.15) is 40.8 Å². The van der Waals surface area contributed by atoms with Gasteiger partial charge in [-0.3, -0.25) is 4.79 Å². The summed E-state index contributed by atoms with van der Waals surface area (Å²) in [6, 6.07) is 10.2. The third-order valence-electron chi connectivity index (χ3n) is 3.58. The molecule has 0 fully saturated rings. The summed E-state index contributed by atoms with van der Waals surface area (Å²) in [4.78, 5) is 16.5. The molecule has 4 nitrogen and oxygen atoms in total. The first-order chi connectivity index (χ1) is 10.1. The van der Waals surface area contributed by atoms with Crippen LogP contribution in [-0.2, 0) is 6.42 Å². The smallest absolute Gasteiger partial charge is 0.270 e. The first-order valence-electron chi connectivity index (χ1n) is 7.12. The first kappa shape index (κ1) is 15.7. The van der Waals surface area contributed by atoms with Gasteiger partial charge in [-0.1, -0.05) is 37.3 Å². The molecular formula is C16H21N3OS. The van der Waals surface area contributed by atoms with Crippen molar-refractivity contribution in [2.24, 2.45) is 5.73 Å². The monoisotopic (exact) mass is 303 g/mol. The van der Waals surface area contributed by atoms with Crippen LogP contribution >= 0.6 is 11.3 Å². The van der Waals surface area contributed by atoms with E-state index in [1.807, 2.05) is 25.1 Å². The van der Waals surface area contributed by atoms with Crippen LogP contribution in [0.4, 0.5) is 0 Å². The second-order valence-electron chi connectivity index (χ2n) is 5.13. The highest BCUT2D eigenvalue weighted by Gasteiger charge is 2.18. The lowest BCUT2D eigenvalue weighted by atomic mass is 9.94. The zero-order valence-electron chi connectivity index (χ0n) is 12.4.